The maximum atomic E-state index is 2.21. The molecule has 11 heavy (non-hydrogen) atoms. The molecule has 1 aromatic heterocycles. The van der Waals surface area contributed by atoms with Gasteiger partial charge in [-0.3, -0.25) is 0 Å². The Morgan fingerprint density at radius 1 is 1.64 bits per heavy atom. The first kappa shape index (κ1) is 8.05. The Kier molecular flexibility index (Phi) is 2.47. The average Bonchev–Trinajstić information content (AvgIpc) is 2.34. The Morgan fingerprint density at radius 2 is 2.36 bits per heavy atom. The monoisotopic (exact) mass is 151 g/mol. The number of imidazole rings is 1. The van der Waals surface area contributed by atoms with Crippen molar-refractivity contribution in [1.29, 1.82) is 0 Å². The summed E-state index contributed by atoms with van der Waals surface area (Å²) in [6.07, 6.45) is 8.25. The van der Waals surface area contributed by atoms with Gasteiger partial charge in [-0.25, -0.2) is 9.13 Å². The van der Waals surface area contributed by atoms with Crippen LogP contribution < -0.4 is 4.57 Å². The topological polar surface area (TPSA) is 8.81 Å². The highest BCUT2D eigenvalue weighted by Gasteiger charge is 2.06. The van der Waals surface area contributed by atoms with E-state index in [4.69, 9.17) is 0 Å². The molecule has 0 atom stereocenters. The number of allylic oxidation sites excluding steroid dienone is 1. The molecule has 0 aliphatic heterocycles. The maximum absolute atomic E-state index is 2.21. The molecule has 0 unspecified atom stereocenters. The Morgan fingerprint density at radius 3 is 2.82 bits per heavy atom. The summed E-state index contributed by atoms with van der Waals surface area (Å²) in [5.41, 5.74) is 0. The van der Waals surface area contributed by atoms with Gasteiger partial charge >= 0.3 is 0 Å². The summed E-state index contributed by atoms with van der Waals surface area (Å²) in [6, 6.07) is 0. The SMILES string of the molecule is C/C=C/n1cc[n+](CC)c1C. The zero-order chi connectivity index (χ0) is 8.27. The van der Waals surface area contributed by atoms with Gasteiger partial charge in [0.1, 0.15) is 12.4 Å². The van der Waals surface area contributed by atoms with E-state index in [0.717, 1.165) is 6.54 Å². The quantitative estimate of drug-likeness (QED) is 0.568. The molecule has 0 radical (unpaired) electrons. The minimum absolute atomic E-state index is 1.04. The van der Waals surface area contributed by atoms with Gasteiger partial charge in [0.05, 0.1) is 12.7 Å². The number of aryl methyl sites for hydroxylation is 1. The largest absolute Gasteiger partial charge is 0.257 e. The van der Waals surface area contributed by atoms with Crippen LogP contribution in [0.2, 0.25) is 0 Å². The van der Waals surface area contributed by atoms with Gasteiger partial charge < -0.3 is 0 Å². The molecule has 0 spiro atoms. The van der Waals surface area contributed by atoms with Crippen molar-refractivity contribution < 1.29 is 4.57 Å². The number of aromatic nitrogens is 2. The highest BCUT2D eigenvalue weighted by atomic mass is 15.1. The maximum Gasteiger partial charge on any atom is 0.257 e. The molecule has 0 aromatic carbocycles. The van der Waals surface area contributed by atoms with Crippen LogP contribution in [0.15, 0.2) is 18.5 Å². The van der Waals surface area contributed by atoms with Crippen molar-refractivity contribution >= 4 is 6.20 Å². The van der Waals surface area contributed by atoms with E-state index in [1.807, 2.05) is 13.0 Å². The molecular formula is C9H15N2+. The van der Waals surface area contributed by atoms with Gasteiger partial charge in [-0.1, -0.05) is 0 Å². The van der Waals surface area contributed by atoms with Gasteiger partial charge in [0.15, 0.2) is 0 Å². The molecule has 0 aliphatic carbocycles. The molecule has 2 heteroatoms. The van der Waals surface area contributed by atoms with Crippen molar-refractivity contribution in [3.05, 3.63) is 24.3 Å². The van der Waals surface area contributed by atoms with Crippen molar-refractivity contribution in [1.82, 2.24) is 4.57 Å². The van der Waals surface area contributed by atoms with E-state index >= 15 is 0 Å². The molecule has 60 valence electrons. The summed E-state index contributed by atoms with van der Waals surface area (Å²) >= 11 is 0. The van der Waals surface area contributed by atoms with Crippen LogP contribution >= 0.6 is 0 Å². The predicted molar refractivity (Wildman–Crippen MR) is 46.0 cm³/mol. The van der Waals surface area contributed by atoms with Crippen LogP contribution in [0.3, 0.4) is 0 Å². The number of hydrogen-bond acceptors (Lipinski definition) is 0. The van der Waals surface area contributed by atoms with Gasteiger partial charge in [0.2, 0.25) is 0 Å². The predicted octanol–water partition coefficient (Wildman–Crippen LogP) is 1.59. The molecule has 1 heterocycles. The molecule has 0 bridgehead atoms. The zero-order valence-corrected chi connectivity index (χ0v) is 7.41. The Labute approximate surface area is 67.8 Å². The van der Waals surface area contributed by atoms with E-state index in [0.29, 0.717) is 0 Å². The van der Waals surface area contributed by atoms with Crippen molar-refractivity contribution in [2.45, 2.75) is 27.3 Å². The normalized spacial score (nSPS) is 11.2. The fraction of sp³-hybridized carbons (Fsp3) is 0.444. The van der Waals surface area contributed by atoms with E-state index in [9.17, 15) is 0 Å². The summed E-state index contributed by atoms with van der Waals surface area (Å²) in [5.74, 6) is 1.27. The van der Waals surface area contributed by atoms with Crippen LogP contribution in [0, 0.1) is 6.92 Å². The number of rotatable bonds is 2. The lowest BCUT2D eigenvalue weighted by Crippen LogP contribution is -2.33. The molecule has 0 saturated carbocycles. The highest BCUT2D eigenvalue weighted by molar-refractivity contribution is 5.21. The lowest BCUT2D eigenvalue weighted by molar-refractivity contribution is -0.698. The van der Waals surface area contributed by atoms with Crippen molar-refractivity contribution in [3.8, 4) is 0 Å². The van der Waals surface area contributed by atoms with Crippen molar-refractivity contribution in [2.24, 2.45) is 0 Å². The summed E-state index contributed by atoms with van der Waals surface area (Å²) in [4.78, 5) is 0. The van der Waals surface area contributed by atoms with E-state index in [-0.39, 0.29) is 0 Å². The van der Waals surface area contributed by atoms with Crippen LogP contribution in [0.25, 0.3) is 6.20 Å². The molecule has 0 saturated heterocycles. The molecule has 2 nitrogen and oxygen atoms in total. The number of hydrogen-bond donors (Lipinski definition) is 0. The minimum Gasteiger partial charge on any atom is -0.234 e. The molecule has 1 aromatic rings. The Bertz CT molecular complexity index is 259. The summed E-state index contributed by atoms with van der Waals surface area (Å²) in [7, 11) is 0. The summed E-state index contributed by atoms with van der Waals surface area (Å²) < 4.78 is 4.32. The minimum atomic E-state index is 1.04. The van der Waals surface area contributed by atoms with E-state index < -0.39 is 0 Å². The average molecular weight is 151 g/mol. The zero-order valence-electron chi connectivity index (χ0n) is 7.41. The third kappa shape index (κ3) is 1.50. The van der Waals surface area contributed by atoms with Crippen LogP contribution in [0.1, 0.15) is 19.7 Å². The van der Waals surface area contributed by atoms with Crippen LogP contribution in [0.4, 0.5) is 0 Å². The number of nitrogens with zero attached hydrogens (tertiary/aromatic N) is 2. The lowest BCUT2D eigenvalue weighted by atomic mass is 10.6. The van der Waals surface area contributed by atoms with Crippen LogP contribution in [0.5, 0.6) is 0 Å². The first-order valence-electron chi connectivity index (χ1n) is 3.99. The Hall–Kier alpha value is -1.05. The smallest absolute Gasteiger partial charge is 0.234 e. The molecule has 0 fully saturated rings. The third-order valence-electron chi connectivity index (χ3n) is 1.85. The van der Waals surface area contributed by atoms with E-state index in [2.05, 4.69) is 41.6 Å². The van der Waals surface area contributed by atoms with E-state index in [1.54, 1.807) is 0 Å². The highest BCUT2D eigenvalue weighted by Crippen LogP contribution is 1.93. The van der Waals surface area contributed by atoms with Gasteiger partial charge in [0, 0.05) is 6.92 Å². The molecule has 0 aliphatic rings. The molecular weight excluding hydrogens is 136 g/mol. The molecule has 0 amide bonds. The second-order valence-corrected chi connectivity index (χ2v) is 2.52. The first-order valence-corrected chi connectivity index (χ1v) is 3.99. The Balaban J connectivity index is 3.00. The van der Waals surface area contributed by atoms with Crippen molar-refractivity contribution in [3.63, 3.8) is 0 Å². The van der Waals surface area contributed by atoms with Gasteiger partial charge in [-0.05, 0) is 19.9 Å². The van der Waals surface area contributed by atoms with Crippen LogP contribution in [-0.2, 0) is 6.54 Å². The first-order chi connectivity index (χ1) is 5.29. The second-order valence-electron chi connectivity index (χ2n) is 2.52. The van der Waals surface area contributed by atoms with Gasteiger partial charge in [-0.2, -0.15) is 0 Å². The fourth-order valence-electron chi connectivity index (χ4n) is 1.17. The van der Waals surface area contributed by atoms with E-state index in [1.165, 1.54) is 5.82 Å². The summed E-state index contributed by atoms with van der Waals surface area (Å²) in [5, 5.41) is 0. The van der Waals surface area contributed by atoms with Gasteiger partial charge in [0.25, 0.3) is 5.82 Å². The van der Waals surface area contributed by atoms with Gasteiger partial charge in [-0.15, -0.1) is 0 Å². The molecule has 0 N–H and O–H groups in total. The molecule has 1 rings (SSSR count). The lowest BCUT2D eigenvalue weighted by Gasteiger charge is -1.91. The van der Waals surface area contributed by atoms with Crippen LogP contribution in [-0.4, -0.2) is 4.57 Å². The fourth-order valence-corrected chi connectivity index (χ4v) is 1.17. The van der Waals surface area contributed by atoms with Crippen molar-refractivity contribution in [2.75, 3.05) is 0 Å². The summed E-state index contributed by atoms with van der Waals surface area (Å²) in [6.45, 7) is 7.32. The standard InChI is InChI=1S/C9H15N2/c1-4-6-11-8-7-10(5-2)9(11)3/h4,6-8H,5H2,1-3H3/q+1/b6-4+. The second kappa shape index (κ2) is 3.37. The third-order valence-corrected chi connectivity index (χ3v) is 1.85.